The Balaban J connectivity index is 2.21. The van der Waals surface area contributed by atoms with E-state index in [1.54, 1.807) is 30.3 Å². The van der Waals surface area contributed by atoms with Crippen molar-refractivity contribution >= 4 is 29.1 Å². The first-order valence-electron chi connectivity index (χ1n) is 5.71. The van der Waals surface area contributed by atoms with Gasteiger partial charge in [0.2, 0.25) is 0 Å². The molecule has 5 heteroatoms. The highest BCUT2D eigenvalue weighted by molar-refractivity contribution is 6.30. The van der Waals surface area contributed by atoms with Crippen LogP contribution in [0.2, 0.25) is 5.02 Å². The van der Waals surface area contributed by atoms with E-state index in [9.17, 15) is 4.79 Å². The Labute approximate surface area is 121 Å². The third-order valence-corrected chi connectivity index (χ3v) is 2.74. The second-order valence-electron chi connectivity index (χ2n) is 3.99. The first-order valence-corrected chi connectivity index (χ1v) is 6.09. The molecule has 0 aliphatic rings. The largest absolute Gasteiger partial charge is 0.465 e. The summed E-state index contributed by atoms with van der Waals surface area (Å²) in [4.78, 5) is 10.5. The molecule has 0 radical (unpaired) electrons. The fourth-order valence-corrected chi connectivity index (χ4v) is 1.67. The molecule has 0 spiro atoms. The Kier molecular flexibility index (Phi) is 4.14. The molecular formula is C15H11ClN2O2. The maximum absolute atomic E-state index is 10.5. The van der Waals surface area contributed by atoms with Gasteiger partial charge in [0, 0.05) is 16.1 Å². The number of hydrogen-bond acceptors (Lipinski definition) is 2. The van der Waals surface area contributed by atoms with Crippen LogP contribution in [0.1, 0.15) is 11.1 Å². The summed E-state index contributed by atoms with van der Waals surface area (Å²) in [6, 6.07) is 12.1. The van der Waals surface area contributed by atoms with Gasteiger partial charge in [0.05, 0.1) is 11.4 Å². The van der Waals surface area contributed by atoms with E-state index in [0.29, 0.717) is 22.0 Å². The summed E-state index contributed by atoms with van der Waals surface area (Å²) in [7, 11) is 0. The van der Waals surface area contributed by atoms with E-state index in [1.165, 1.54) is 0 Å². The Morgan fingerprint density at radius 3 is 2.30 bits per heavy atom. The molecule has 0 heterocycles. The van der Waals surface area contributed by atoms with E-state index in [0.717, 1.165) is 5.56 Å². The minimum Gasteiger partial charge on any atom is -0.465 e. The van der Waals surface area contributed by atoms with Crippen LogP contribution >= 0.6 is 11.6 Å². The number of hydrogen-bond donors (Lipinski definition) is 3. The number of amides is 1. The van der Waals surface area contributed by atoms with Crippen LogP contribution in [0.15, 0.2) is 42.5 Å². The van der Waals surface area contributed by atoms with Crippen molar-refractivity contribution in [3.8, 4) is 11.8 Å². The van der Waals surface area contributed by atoms with Gasteiger partial charge in [-0.3, -0.25) is 5.32 Å². The molecule has 20 heavy (non-hydrogen) atoms. The van der Waals surface area contributed by atoms with Crippen molar-refractivity contribution in [1.29, 1.82) is 0 Å². The summed E-state index contributed by atoms with van der Waals surface area (Å²) in [5.74, 6) is 5.93. The monoisotopic (exact) mass is 286 g/mol. The normalized spacial score (nSPS) is 9.45. The van der Waals surface area contributed by atoms with E-state index >= 15 is 0 Å². The molecular weight excluding hydrogens is 276 g/mol. The molecule has 0 aliphatic carbocycles. The van der Waals surface area contributed by atoms with Gasteiger partial charge in [0.15, 0.2) is 0 Å². The third kappa shape index (κ3) is 3.67. The molecule has 100 valence electrons. The molecule has 0 fully saturated rings. The fourth-order valence-electron chi connectivity index (χ4n) is 1.55. The van der Waals surface area contributed by atoms with Crippen molar-refractivity contribution in [3.05, 3.63) is 58.6 Å². The van der Waals surface area contributed by atoms with Gasteiger partial charge in [-0.2, -0.15) is 0 Å². The quantitative estimate of drug-likeness (QED) is 0.555. The molecule has 2 rings (SSSR count). The lowest BCUT2D eigenvalue weighted by molar-refractivity contribution is 0.210. The minimum absolute atomic E-state index is 0.329. The zero-order valence-electron chi connectivity index (χ0n) is 10.4. The van der Waals surface area contributed by atoms with Crippen LogP contribution in [-0.4, -0.2) is 11.2 Å². The van der Waals surface area contributed by atoms with Crippen LogP contribution in [0.4, 0.5) is 16.2 Å². The second kappa shape index (κ2) is 6.00. The Hall–Kier alpha value is -2.64. The van der Waals surface area contributed by atoms with Gasteiger partial charge >= 0.3 is 6.09 Å². The molecule has 2 aromatic carbocycles. The second-order valence-corrected chi connectivity index (χ2v) is 4.43. The Morgan fingerprint density at radius 1 is 1.10 bits per heavy atom. The number of halogens is 1. The number of nitrogens with two attached hydrogens (primary N) is 1. The summed E-state index contributed by atoms with van der Waals surface area (Å²) >= 11 is 5.79. The Morgan fingerprint density at radius 2 is 1.70 bits per heavy atom. The highest BCUT2D eigenvalue weighted by atomic mass is 35.5. The van der Waals surface area contributed by atoms with Crippen molar-refractivity contribution in [2.75, 3.05) is 11.1 Å². The van der Waals surface area contributed by atoms with Crippen LogP contribution < -0.4 is 11.1 Å². The molecule has 0 saturated heterocycles. The van der Waals surface area contributed by atoms with Gasteiger partial charge in [-0.25, -0.2) is 4.79 Å². The molecule has 4 nitrogen and oxygen atoms in total. The summed E-state index contributed by atoms with van der Waals surface area (Å²) in [6.45, 7) is 0. The topological polar surface area (TPSA) is 75.3 Å². The highest BCUT2D eigenvalue weighted by Gasteiger charge is 2.02. The van der Waals surface area contributed by atoms with Gasteiger partial charge in [-0.1, -0.05) is 23.4 Å². The summed E-state index contributed by atoms with van der Waals surface area (Å²) < 4.78 is 0. The van der Waals surface area contributed by atoms with Gasteiger partial charge in [0.1, 0.15) is 0 Å². The molecule has 0 saturated carbocycles. The minimum atomic E-state index is -1.16. The lowest BCUT2D eigenvalue weighted by atomic mass is 10.1. The maximum Gasteiger partial charge on any atom is 0.409 e. The number of nitrogen functional groups attached to an aromatic ring is 1. The molecule has 0 atom stereocenters. The fraction of sp³-hybridized carbons (Fsp3) is 0. The summed E-state index contributed by atoms with van der Waals surface area (Å²) in [6.07, 6.45) is -1.16. The van der Waals surface area contributed by atoms with E-state index in [4.69, 9.17) is 22.4 Å². The lowest BCUT2D eigenvalue weighted by Crippen LogP contribution is -2.09. The van der Waals surface area contributed by atoms with Crippen LogP contribution in [0.5, 0.6) is 0 Å². The molecule has 0 bridgehead atoms. The van der Waals surface area contributed by atoms with Gasteiger partial charge in [-0.05, 0) is 42.5 Å². The predicted octanol–water partition coefficient (Wildman–Crippen LogP) is 3.41. The number of anilines is 2. The predicted molar refractivity (Wildman–Crippen MR) is 79.9 cm³/mol. The smallest absolute Gasteiger partial charge is 0.409 e. The first kappa shape index (κ1) is 13.8. The van der Waals surface area contributed by atoms with Crippen LogP contribution in [0.25, 0.3) is 0 Å². The van der Waals surface area contributed by atoms with E-state index < -0.39 is 6.09 Å². The zero-order chi connectivity index (χ0) is 14.5. The molecule has 1 amide bonds. The molecule has 0 aromatic heterocycles. The SMILES string of the molecule is Nc1cc(C#Cc2ccc(Cl)cc2)ccc1NC(=O)O. The van der Waals surface area contributed by atoms with Crippen LogP contribution in [-0.2, 0) is 0 Å². The lowest BCUT2D eigenvalue weighted by Gasteiger charge is -2.04. The summed E-state index contributed by atoms with van der Waals surface area (Å²) in [5, 5.41) is 11.5. The molecule has 4 N–H and O–H groups in total. The number of carboxylic acid groups (broad SMARTS) is 1. The number of nitrogens with one attached hydrogen (secondary N) is 1. The number of carbonyl (C=O) groups is 1. The van der Waals surface area contributed by atoms with Crippen molar-refractivity contribution in [2.45, 2.75) is 0 Å². The highest BCUT2D eigenvalue weighted by Crippen LogP contribution is 2.19. The average molecular weight is 287 g/mol. The van der Waals surface area contributed by atoms with E-state index in [-0.39, 0.29) is 0 Å². The van der Waals surface area contributed by atoms with Gasteiger partial charge in [-0.15, -0.1) is 0 Å². The molecule has 0 unspecified atom stereocenters. The molecule has 2 aromatic rings. The van der Waals surface area contributed by atoms with Crippen molar-refractivity contribution in [3.63, 3.8) is 0 Å². The van der Waals surface area contributed by atoms with E-state index in [2.05, 4.69) is 17.2 Å². The van der Waals surface area contributed by atoms with Crippen molar-refractivity contribution in [2.24, 2.45) is 0 Å². The van der Waals surface area contributed by atoms with Gasteiger partial charge in [0.25, 0.3) is 0 Å². The van der Waals surface area contributed by atoms with Crippen LogP contribution in [0.3, 0.4) is 0 Å². The van der Waals surface area contributed by atoms with Crippen molar-refractivity contribution < 1.29 is 9.90 Å². The van der Waals surface area contributed by atoms with Crippen molar-refractivity contribution in [1.82, 2.24) is 0 Å². The average Bonchev–Trinajstić information content (AvgIpc) is 2.40. The first-order chi connectivity index (χ1) is 9.54. The summed E-state index contributed by atoms with van der Waals surface area (Å²) in [5.41, 5.74) is 7.95. The molecule has 0 aliphatic heterocycles. The third-order valence-electron chi connectivity index (χ3n) is 2.49. The standard InChI is InChI=1S/C15H11ClN2O2/c16-12-6-3-10(4-7-12)1-2-11-5-8-14(13(17)9-11)18-15(19)20/h3-9,18H,17H2,(H,19,20). The van der Waals surface area contributed by atoms with E-state index in [1.807, 2.05) is 12.1 Å². The Bertz CT molecular complexity index is 700. The van der Waals surface area contributed by atoms with Gasteiger partial charge < -0.3 is 10.8 Å². The number of benzene rings is 2. The maximum atomic E-state index is 10.5. The zero-order valence-corrected chi connectivity index (χ0v) is 11.1. The number of rotatable bonds is 1. The van der Waals surface area contributed by atoms with Crippen LogP contribution in [0, 0.1) is 11.8 Å².